The Bertz CT molecular complexity index is 464. The molecule has 2 amide bonds. The number of carboxylic acids is 1. The predicted octanol–water partition coefficient (Wildman–Crippen LogP) is 2.67. The van der Waals surface area contributed by atoms with E-state index in [0.717, 1.165) is 25.7 Å². The van der Waals surface area contributed by atoms with E-state index in [1.165, 1.54) is 4.90 Å². The average molecular weight is 354 g/mol. The molecule has 0 aromatic rings. The van der Waals surface area contributed by atoms with Gasteiger partial charge in [0.05, 0.1) is 5.92 Å². The van der Waals surface area contributed by atoms with Gasteiger partial charge in [0.1, 0.15) is 6.04 Å². The van der Waals surface area contributed by atoms with Crippen molar-refractivity contribution in [2.75, 3.05) is 13.1 Å². The van der Waals surface area contributed by atoms with Gasteiger partial charge in [-0.15, -0.1) is 0 Å². The number of hydrogen-bond acceptors (Lipinski definition) is 3. The molecule has 1 saturated heterocycles. The molecular formula is C19H34N2O4. The number of rotatable bonds is 10. The van der Waals surface area contributed by atoms with Gasteiger partial charge in [-0.1, -0.05) is 47.0 Å². The minimum Gasteiger partial charge on any atom is -0.480 e. The summed E-state index contributed by atoms with van der Waals surface area (Å²) in [6, 6.07) is -0.725. The number of amides is 2. The zero-order valence-corrected chi connectivity index (χ0v) is 16.1. The lowest BCUT2D eigenvalue weighted by Crippen LogP contribution is -2.48. The number of aliphatic carboxylic acids is 1. The van der Waals surface area contributed by atoms with E-state index in [-0.39, 0.29) is 36.1 Å². The summed E-state index contributed by atoms with van der Waals surface area (Å²) in [6.07, 6.45) is 5.36. The summed E-state index contributed by atoms with van der Waals surface area (Å²) in [4.78, 5) is 37.9. The third kappa shape index (κ3) is 6.33. The van der Waals surface area contributed by atoms with Crippen LogP contribution in [0.15, 0.2) is 0 Å². The molecule has 6 heteroatoms. The van der Waals surface area contributed by atoms with Gasteiger partial charge in [-0.05, 0) is 25.2 Å². The molecule has 25 heavy (non-hydrogen) atoms. The first-order valence-electron chi connectivity index (χ1n) is 9.60. The fraction of sp³-hybridized carbons (Fsp3) is 0.842. The topological polar surface area (TPSA) is 86.7 Å². The van der Waals surface area contributed by atoms with Crippen molar-refractivity contribution in [2.45, 2.75) is 72.3 Å². The van der Waals surface area contributed by atoms with E-state index in [4.69, 9.17) is 0 Å². The van der Waals surface area contributed by atoms with Crippen molar-refractivity contribution in [1.29, 1.82) is 0 Å². The van der Waals surface area contributed by atoms with E-state index >= 15 is 0 Å². The molecule has 0 radical (unpaired) electrons. The second kappa shape index (κ2) is 10.4. The molecule has 0 bridgehead atoms. The lowest BCUT2D eigenvalue weighted by atomic mass is 9.93. The number of hydrogen-bond donors (Lipinski definition) is 2. The van der Waals surface area contributed by atoms with Crippen LogP contribution in [-0.4, -0.2) is 46.9 Å². The van der Waals surface area contributed by atoms with Crippen LogP contribution in [0.3, 0.4) is 0 Å². The molecule has 0 saturated carbocycles. The van der Waals surface area contributed by atoms with E-state index < -0.39 is 12.0 Å². The summed E-state index contributed by atoms with van der Waals surface area (Å²) >= 11 is 0. The van der Waals surface area contributed by atoms with Crippen molar-refractivity contribution >= 4 is 17.8 Å². The van der Waals surface area contributed by atoms with Crippen LogP contribution in [0.4, 0.5) is 0 Å². The third-order valence-corrected chi connectivity index (χ3v) is 5.13. The summed E-state index contributed by atoms with van der Waals surface area (Å²) in [6.45, 7) is 8.68. The molecule has 1 aliphatic rings. The summed E-state index contributed by atoms with van der Waals surface area (Å²) in [5.74, 6) is -1.52. The predicted molar refractivity (Wildman–Crippen MR) is 97.0 cm³/mol. The first-order valence-corrected chi connectivity index (χ1v) is 9.60. The molecule has 0 spiro atoms. The molecule has 1 fully saturated rings. The maximum Gasteiger partial charge on any atom is 0.326 e. The van der Waals surface area contributed by atoms with E-state index in [1.807, 2.05) is 20.8 Å². The molecule has 0 aromatic heterocycles. The van der Waals surface area contributed by atoms with Crippen molar-refractivity contribution in [3.63, 3.8) is 0 Å². The standard InChI is InChI=1S/C19H34N2O4/c1-5-6-7-9-14(4)17(22)20-12-15(13(2)3)18(23)21-11-8-10-16(21)19(24)25/h13-16H,5-12H2,1-4H3,(H,20,22)(H,24,25)/t14?,15?,16-/m0/s1. The van der Waals surface area contributed by atoms with Gasteiger partial charge in [0.25, 0.3) is 0 Å². The Kier molecular flexibility index (Phi) is 8.93. The van der Waals surface area contributed by atoms with Gasteiger partial charge in [0.2, 0.25) is 11.8 Å². The van der Waals surface area contributed by atoms with Crippen LogP contribution in [0.2, 0.25) is 0 Å². The smallest absolute Gasteiger partial charge is 0.326 e. The fourth-order valence-corrected chi connectivity index (χ4v) is 3.32. The van der Waals surface area contributed by atoms with Gasteiger partial charge in [0, 0.05) is 19.0 Å². The molecule has 3 atom stereocenters. The quantitative estimate of drug-likeness (QED) is 0.591. The minimum absolute atomic E-state index is 0.0224. The highest BCUT2D eigenvalue weighted by Crippen LogP contribution is 2.23. The van der Waals surface area contributed by atoms with E-state index in [9.17, 15) is 19.5 Å². The number of carbonyl (C=O) groups is 3. The number of carboxylic acid groups (broad SMARTS) is 1. The van der Waals surface area contributed by atoms with Gasteiger partial charge in [-0.2, -0.15) is 0 Å². The fourth-order valence-electron chi connectivity index (χ4n) is 3.32. The Morgan fingerprint density at radius 2 is 1.88 bits per heavy atom. The maximum atomic E-state index is 12.8. The molecule has 1 heterocycles. The van der Waals surface area contributed by atoms with Crippen LogP contribution >= 0.6 is 0 Å². The highest BCUT2D eigenvalue weighted by molar-refractivity contribution is 5.86. The average Bonchev–Trinajstić information content (AvgIpc) is 3.04. The highest BCUT2D eigenvalue weighted by Gasteiger charge is 2.38. The summed E-state index contributed by atoms with van der Waals surface area (Å²) in [7, 11) is 0. The number of carbonyl (C=O) groups excluding carboxylic acids is 2. The molecule has 0 aliphatic carbocycles. The normalized spacial score (nSPS) is 19.7. The third-order valence-electron chi connectivity index (χ3n) is 5.13. The Hall–Kier alpha value is -1.59. The molecule has 6 nitrogen and oxygen atoms in total. The highest BCUT2D eigenvalue weighted by atomic mass is 16.4. The van der Waals surface area contributed by atoms with Crippen LogP contribution in [0, 0.1) is 17.8 Å². The number of nitrogens with zero attached hydrogens (tertiary/aromatic N) is 1. The van der Waals surface area contributed by atoms with Crippen LogP contribution in [0.25, 0.3) is 0 Å². The lowest BCUT2D eigenvalue weighted by Gasteiger charge is -2.29. The Labute approximate surface area is 151 Å². The Morgan fingerprint density at radius 1 is 1.20 bits per heavy atom. The van der Waals surface area contributed by atoms with Crippen molar-refractivity contribution in [2.24, 2.45) is 17.8 Å². The van der Waals surface area contributed by atoms with Crippen molar-refractivity contribution < 1.29 is 19.5 Å². The van der Waals surface area contributed by atoms with Crippen molar-refractivity contribution in [3.8, 4) is 0 Å². The first-order chi connectivity index (χ1) is 11.8. The van der Waals surface area contributed by atoms with Crippen LogP contribution in [0.5, 0.6) is 0 Å². The van der Waals surface area contributed by atoms with Crippen LogP contribution < -0.4 is 5.32 Å². The van der Waals surface area contributed by atoms with E-state index in [1.54, 1.807) is 0 Å². The monoisotopic (exact) mass is 354 g/mol. The van der Waals surface area contributed by atoms with Crippen molar-refractivity contribution in [3.05, 3.63) is 0 Å². The molecular weight excluding hydrogens is 320 g/mol. The summed E-state index contributed by atoms with van der Waals surface area (Å²) < 4.78 is 0. The van der Waals surface area contributed by atoms with Gasteiger partial charge in [0.15, 0.2) is 0 Å². The molecule has 2 unspecified atom stereocenters. The Morgan fingerprint density at radius 3 is 2.44 bits per heavy atom. The lowest BCUT2D eigenvalue weighted by molar-refractivity contribution is -0.150. The van der Waals surface area contributed by atoms with E-state index in [2.05, 4.69) is 12.2 Å². The second-order valence-electron chi connectivity index (χ2n) is 7.52. The summed E-state index contributed by atoms with van der Waals surface area (Å²) in [5.41, 5.74) is 0. The maximum absolute atomic E-state index is 12.8. The largest absolute Gasteiger partial charge is 0.480 e. The molecule has 2 N–H and O–H groups in total. The first kappa shape index (κ1) is 21.5. The number of nitrogens with one attached hydrogen (secondary N) is 1. The molecule has 1 rings (SSSR count). The Balaban J connectivity index is 2.60. The SMILES string of the molecule is CCCCCC(C)C(=O)NCC(C(=O)N1CCC[C@H]1C(=O)O)C(C)C. The number of likely N-dealkylation sites (tertiary alicyclic amines) is 1. The van der Waals surface area contributed by atoms with Gasteiger partial charge in [-0.3, -0.25) is 9.59 Å². The zero-order valence-electron chi connectivity index (χ0n) is 16.1. The van der Waals surface area contributed by atoms with E-state index in [0.29, 0.717) is 19.4 Å². The van der Waals surface area contributed by atoms with Gasteiger partial charge in [-0.25, -0.2) is 4.79 Å². The molecule has 1 aliphatic heterocycles. The van der Waals surface area contributed by atoms with Gasteiger partial charge >= 0.3 is 5.97 Å². The van der Waals surface area contributed by atoms with Gasteiger partial charge < -0.3 is 15.3 Å². The van der Waals surface area contributed by atoms with Crippen LogP contribution in [-0.2, 0) is 14.4 Å². The zero-order chi connectivity index (χ0) is 19.0. The van der Waals surface area contributed by atoms with Crippen LogP contribution in [0.1, 0.15) is 66.2 Å². The summed E-state index contributed by atoms with van der Waals surface area (Å²) in [5, 5.41) is 12.2. The number of unbranched alkanes of at least 4 members (excludes halogenated alkanes) is 2. The molecule has 0 aromatic carbocycles. The minimum atomic E-state index is -0.943. The van der Waals surface area contributed by atoms with Crippen molar-refractivity contribution in [1.82, 2.24) is 10.2 Å². The molecule has 144 valence electrons. The second-order valence-corrected chi connectivity index (χ2v) is 7.52.